The molecule has 26 heavy (non-hydrogen) atoms. The van der Waals surface area contributed by atoms with Crippen molar-refractivity contribution in [1.29, 1.82) is 0 Å². The van der Waals surface area contributed by atoms with Gasteiger partial charge in [-0.3, -0.25) is 14.7 Å². The van der Waals surface area contributed by atoms with Crippen molar-refractivity contribution >= 4 is 23.3 Å². The molecular formula is C19H24N4O3. The highest BCUT2D eigenvalue weighted by Gasteiger charge is 2.23. The molecule has 138 valence electrons. The Hall–Kier alpha value is -2.67. The van der Waals surface area contributed by atoms with Gasteiger partial charge in [0.05, 0.1) is 0 Å². The van der Waals surface area contributed by atoms with Crippen molar-refractivity contribution in [3.8, 4) is 0 Å². The van der Waals surface area contributed by atoms with Gasteiger partial charge in [0.1, 0.15) is 6.10 Å². The molecule has 7 heteroatoms. The topological polar surface area (TPSA) is 96.1 Å². The summed E-state index contributed by atoms with van der Waals surface area (Å²) in [6.45, 7) is 6.80. The van der Waals surface area contributed by atoms with Crippen LogP contribution in [0.2, 0.25) is 0 Å². The van der Waals surface area contributed by atoms with Crippen LogP contribution < -0.4 is 10.6 Å². The van der Waals surface area contributed by atoms with E-state index < -0.39 is 6.10 Å². The fourth-order valence-corrected chi connectivity index (χ4v) is 2.70. The third-order valence-corrected chi connectivity index (χ3v) is 4.24. The minimum Gasteiger partial charge on any atom is -0.368 e. The van der Waals surface area contributed by atoms with Crippen molar-refractivity contribution in [1.82, 2.24) is 10.2 Å². The number of carbonyl (C=O) groups excluding carboxylic acids is 2. The Morgan fingerprint density at radius 3 is 2.69 bits per heavy atom. The van der Waals surface area contributed by atoms with E-state index in [1.54, 1.807) is 24.3 Å². The van der Waals surface area contributed by atoms with Crippen molar-refractivity contribution in [3.63, 3.8) is 0 Å². The lowest BCUT2D eigenvalue weighted by atomic mass is 9.92. The molecule has 1 aromatic heterocycles. The zero-order valence-corrected chi connectivity index (χ0v) is 15.3. The number of anilines is 2. The predicted octanol–water partition coefficient (Wildman–Crippen LogP) is 3.08. The van der Waals surface area contributed by atoms with Crippen LogP contribution >= 0.6 is 0 Å². The number of ether oxygens (including phenoxy) is 1. The maximum atomic E-state index is 12.5. The number of nitrogens with zero attached hydrogens (tertiary/aromatic N) is 1. The van der Waals surface area contributed by atoms with E-state index in [1.165, 1.54) is 0 Å². The van der Waals surface area contributed by atoms with Gasteiger partial charge < -0.3 is 15.4 Å². The molecule has 0 saturated carbocycles. The Bertz CT molecular complexity index is 801. The number of hydrogen-bond acceptors (Lipinski definition) is 4. The van der Waals surface area contributed by atoms with Crippen LogP contribution in [0, 0.1) is 0 Å². The van der Waals surface area contributed by atoms with E-state index in [4.69, 9.17) is 4.74 Å². The molecule has 0 bridgehead atoms. The summed E-state index contributed by atoms with van der Waals surface area (Å²) in [5.41, 5.74) is 1.86. The summed E-state index contributed by atoms with van der Waals surface area (Å²) >= 11 is 0. The van der Waals surface area contributed by atoms with E-state index in [-0.39, 0.29) is 17.2 Å². The summed E-state index contributed by atoms with van der Waals surface area (Å²) < 4.78 is 5.37. The lowest BCUT2D eigenvalue weighted by molar-refractivity contribution is -0.124. The fraction of sp³-hybridized carbons (Fsp3) is 0.421. The molecule has 1 aliphatic rings. The van der Waals surface area contributed by atoms with E-state index in [9.17, 15) is 9.59 Å². The zero-order chi connectivity index (χ0) is 18.7. The molecule has 0 aliphatic carbocycles. The minimum atomic E-state index is -0.410. The summed E-state index contributed by atoms with van der Waals surface area (Å²) in [5, 5.41) is 12.6. The Labute approximate surface area is 152 Å². The lowest BCUT2D eigenvalue weighted by Crippen LogP contribution is -2.27. The number of rotatable bonds is 4. The molecule has 0 spiro atoms. The summed E-state index contributed by atoms with van der Waals surface area (Å²) in [5.74, 6) is 0.000993. The Morgan fingerprint density at radius 2 is 2.04 bits per heavy atom. The molecule has 1 aliphatic heterocycles. The minimum absolute atomic E-state index is 0.0809. The SMILES string of the molecule is CC(C)(C)c1cc(NC(=O)c2cccc(NC(=O)[C@H]3CCCO3)c2)n[nH]1. The maximum absolute atomic E-state index is 12.5. The average molecular weight is 356 g/mol. The fourth-order valence-electron chi connectivity index (χ4n) is 2.70. The van der Waals surface area contributed by atoms with Gasteiger partial charge in [0.15, 0.2) is 5.82 Å². The van der Waals surface area contributed by atoms with Gasteiger partial charge in [0.25, 0.3) is 11.8 Å². The molecule has 3 rings (SSSR count). The summed E-state index contributed by atoms with van der Waals surface area (Å²) in [6, 6.07) is 8.62. The summed E-state index contributed by atoms with van der Waals surface area (Å²) in [6.07, 6.45) is 1.20. The van der Waals surface area contributed by atoms with Gasteiger partial charge in [-0.05, 0) is 31.0 Å². The number of hydrogen-bond donors (Lipinski definition) is 3. The second-order valence-electron chi connectivity index (χ2n) is 7.44. The standard InChI is InChI=1S/C19H24N4O3/c1-19(2,3)15-11-16(23-22-15)21-17(24)12-6-4-7-13(10-12)20-18(25)14-8-5-9-26-14/h4,6-7,10-11,14H,5,8-9H2,1-3H3,(H,20,25)(H2,21,22,23,24)/t14-/m1/s1. The van der Waals surface area contributed by atoms with Gasteiger partial charge in [-0.2, -0.15) is 5.10 Å². The Kier molecular flexibility index (Phi) is 5.08. The second kappa shape index (κ2) is 7.29. The van der Waals surface area contributed by atoms with E-state index in [1.807, 2.05) is 6.07 Å². The van der Waals surface area contributed by atoms with Crippen LogP contribution in [-0.4, -0.2) is 34.7 Å². The van der Waals surface area contributed by atoms with Crippen LogP contribution in [0.1, 0.15) is 49.7 Å². The van der Waals surface area contributed by atoms with Crippen LogP contribution in [0.3, 0.4) is 0 Å². The van der Waals surface area contributed by atoms with Crippen LogP contribution in [0.25, 0.3) is 0 Å². The Balaban J connectivity index is 1.66. The molecule has 3 N–H and O–H groups in total. The van der Waals surface area contributed by atoms with Crippen molar-refractivity contribution in [2.45, 2.75) is 45.1 Å². The normalized spacial score (nSPS) is 17.1. The number of aromatic amines is 1. The first-order valence-electron chi connectivity index (χ1n) is 8.73. The van der Waals surface area contributed by atoms with E-state index >= 15 is 0 Å². The molecule has 1 aromatic carbocycles. The highest BCUT2D eigenvalue weighted by molar-refractivity contribution is 6.05. The summed E-state index contributed by atoms with van der Waals surface area (Å²) in [7, 11) is 0. The van der Waals surface area contributed by atoms with E-state index in [2.05, 4.69) is 41.6 Å². The molecule has 0 radical (unpaired) electrons. The maximum Gasteiger partial charge on any atom is 0.256 e. The van der Waals surface area contributed by atoms with Crippen LogP contribution in [0.15, 0.2) is 30.3 Å². The van der Waals surface area contributed by atoms with Crippen LogP contribution in [0.5, 0.6) is 0 Å². The Morgan fingerprint density at radius 1 is 1.23 bits per heavy atom. The van der Waals surface area contributed by atoms with Gasteiger partial charge in [-0.25, -0.2) is 0 Å². The van der Waals surface area contributed by atoms with Crippen molar-refractivity contribution in [2.75, 3.05) is 17.2 Å². The number of amides is 2. The molecule has 1 atom stereocenters. The van der Waals surface area contributed by atoms with Gasteiger partial charge in [-0.15, -0.1) is 0 Å². The van der Waals surface area contributed by atoms with Gasteiger partial charge in [0.2, 0.25) is 0 Å². The molecule has 1 saturated heterocycles. The highest BCUT2D eigenvalue weighted by atomic mass is 16.5. The van der Waals surface area contributed by atoms with Crippen molar-refractivity contribution in [2.24, 2.45) is 0 Å². The largest absolute Gasteiger partial charge is 0.368 e. The lowest BCUT2D eigenvalue weighted by Gasteiger charge is -2.14. The molecule has 7 nitrogen and oxygen atoms in total. The number of aromatic nitrogens is 2. The van der Waals surface area contributed by atoms with Crippen LogP contribution in [0.4, 0.5) is 11.5 Å². The average Bonchev–Trinajstić information content (AvgIpc) is 3.26. The zero-order valence-electron chi connectivity index (χ0n) is 15.3. The first kappa shape index (κ1) is 18.1. The first-order chi connectivity index (χ1) is 12.3. The van der Waals surface area contributed by atoms with E-state index in [0.717, 1.165) is 18.5 Å². The van der Waals surface area contributed by atoms with Crippen LogP contribution in [-0.2, 0) is 14.9 Å². The van der Waals surface area contributed by atoms with E-state index in [0.29, 0.717) is 23.7 Å². The first-order valence-corrected chi connectivity index (χ1v) is 8.73. The molecule has 0 unspecified atom stereocenters. The molecule has 2 amide bonds. The predicted molar refractivity (Wildman–Crippen MR) is 99.3 cm³/mol. The van der Waals surface area contributed by atoms with Crippen molar-refractivity contribution < 1.29 is 14.3 Å². The monoisotopic (exact) mass is 356 g/mol. The smallest absolute Gasteiger partial charge is 0.256 e. The number of H-pyrrole nitrogens is 1. The summed E-state index contributed by atoms with van der Waals surface area (Å²) in [4.78, 5) is 24.6. The third kappa shape index (κ3) is 4.29. The van der Waals surface area contributed by atoms with Gasteiger partial charge >= 0.3 is 0 Å². The highest BCUT2D eigenvalue weighted by Crippen LogP contribution is 2.22. The second-order valence-corrected chi connectivity index (χ2v) is 7.44. The van der Waals surface area contributed by atoms with Gasteiger partial charge in [0, 0.05) is 35.0 Å². The number of carbonyl (C=O) groups is 2. The van der Waals surface area contributed by atoms with Gasteiger partial charge in [-0.1, -0.05) is 26.8 Å². The molecule has 2 aromatic rings. The van der Waals surface area contributed by atoms with Crippen molar-refractivity contribution in [3.05, 3.63) is 41.6 Å². The molecule has 2 heterocycles. The quantitative estimate of drug-likeness (QED) is 0.784. The number of benzene rings is 1. The third-order valence-electron chi connectivity index (χ3n) is 4.24. The number of nitrogens with one attached hydrogen (secondary N) is 3. The molecule has 1 fully saturated rings. The molecular weight excluding hydrogens is 332 g/mol.